The van der Waals surface area contributed by atoms with Gasteiger partial charge in [0, 0.05) is 17.4 Å². The minimum atomic E-state index is 0.468. The lowest BCUT2D eigenvalue weighted by atomic mass is 10.1. The molecular formula is C16H22N2. The number of hydrogen-bond donors (Lipinski definition) is 1. The van der Waals surface area contributed by atoms with Crippen LogP contribution in [-0.2, 0) is 6.42 Å². The number of aryl methyl sites for hydroxylation is 3. The largest absolute Gasteiger partial charge is 0.323 e. The van der Waals surface area contributed by atoms with E-state index in [4.69, 9.17) is 0 Å². The molecule has 0 aliphatic carbocycles. The van der Waals surface area contributed by atoms with Gasteiger partial charge in [0.25, 0.3) is 0 Å². The molecule has 1 heterocycles. The zero-order valence-electron chi connectivity index (χ0n) is 11.5. The molecule has 0 amide bonds. The molecule has 96 valence electrons. The van der Waals surface area contributed by atoms with E-state index in [-0.39, 0.29) is 0 Å². The van der Waals surface area contributed by atoms with Crippen molar-refractivity contribution in [3.63, 3.8) is 0 Å². The monoisotopic (exact) mass is 242 g/mol. The van der Waals surface area contributed by atoms with Gasteiger partial charge in [-0.05, 0) is 51.3 Å². The van der Waals surface area contributed by atoms with Crippen LogP contribution in [0.5, 0.6) is 0 Å². The molecule has 1 unspecified atom stereocenters. The third-order valence-electron chi connectivity index (χ3n) is 3.33. The summed E-state index contributed by atoms with van der Waals surface area (Å²) in [5, 5.41) is 0. The number of benzene rings is 1. The van der Waals surface area contributed by atoms with E-state index in [0.717, 1.165) is 12.8 Å². The molecule has 18 heavy (non-hydrogen) atoms. The molecule has 2 aromatic rings. The first-order chi connectivity index (χ1) is 8.66. The Morgan fingerprint density at radius 2 is 1.61 bits per heavy atom. The van der Waals surface area contributed by atoms with E-state index < -0.39 is 0 Å². The number of nitrogens with one attached hydrogen (secondary N) is 1. The average molecular weight is 242 g/mol. The Labute approximate surface area is 110 Å². The third-order valence-corrected chi connectivity index (χ3v) is 3.33. The number of aromatic nitrogens is 1. The van der Waals surface area contributed by atoms with Gasteiger partial charge in [0.15, 0.2) is 0 Å². The van der Waals surface area contributed by atoms with E-state index in [0.29, 0.717) is 6.04 Å². The summed E-state index contributed by atoms with van der Waals surface area (Å²) in [7, 11) is 0. The zero-order chi connectivity index (χ0) is 13.0. The van der Waals surface area contributed by atoms with Crippen molar-refractivity contribution in [2.24, 2.45) is 0 Å². The Balaban J connectivity index is 1.88. The molecule has 2 heteroatoms. The fraction of sp³-hybridized carbons (Fsp3) is 0.375. The third kappa shape index (κ3) is 3.16. The lowest BCUT2D eigenvalue weighted by Gasteiger charge is -2.19. The van der Waals surface area contributed by atoms with Crippen LogP contribution in [-0.4, -0.2) is 10.7 Å². The smallest absolute Gasteiger partial charge is 0.0399 e. The van der Waals surface area contributed by atoms with E-state index in [1.165, 1.54) is 17.0 Å². The van der Waals surface area contributed by atoms with Crippen molar-refractivity contribution in [1.29, 1.82) is 0 Å². The summed E-state index contributed by atoms with van der Waals surface area (Å²) in [6, 6.07) is 15.4. The van der Waals surface area contributed by atoms with Crippen LogP contribution < -0.4 is 5.43 Å². The van der Waals surface area contributed by atoms with Crippen LogP contribution in [0.2, 0.25) is 0 Å². The molecular weight excluding hydrogens is 220 g/mol. The average Bonchev–Trinajstić information content (AvgIpc) is 2.69. The van der Waals surface area contributed by atoms with Gasteiger partial charge >= 0.3 is 0 Å². The zero-order valence-corrected chi connectivity index (χ0v) is 11.5. The topological polar surface area (TPSA) is 17.0 Å². The Kier molecular flexibility index (Phi) is 4.08. The highest BCUT2D eigenvalue weighted by atomic mass is 15.4. The maximum Gasteiger partial charge on any atom is 0.0399 e. The van der Waals surface area contributed by atoms with Gasteiger partial charge in [0.1, 0.15) is 0 Å². The number of rotatable bonds is 5. The van der Waals surface area contributed by atoms with Crippen LogP contribution in [0, 0.1) is 13.8 Å². The predicted molar refractivity (Wildman–Crippen MR) is 77.5 cm³/mol. The van der Waals surface area contributed by atoms with Gasteiger partial charge in [-0.3, -0.25) is 4.68 Å². The molecule has 0 aliphatic heterocycles. The summed E-state index contributed by atoms with van der Waals surface area (Å²) in [5.74, 6) is 0. The molecule has 0 saturated heterocycles. The summed E-state index contributed by atoms with van der Waals surface area (Å²) in [4.78, 5) is 0. The van der Waals surface area contributed by atoms with Crippen LogP contribution in [0.15, 0.2) is 42.5 Å². The van der Waals surface area contributed by atoms with Crippen LogP contribution in [0.4, 0.5) is 0 Å². The van der Waals surface area contributed by atoms with Gasteiger partial charge in [-0.1, -0.05) is 30.3 Å². The predicted octanol–water partition coefficient (Wildman–Crippen LogP) is 3.67. The molecule has 0 saturated carbocycles. The van der Waals surface area contributed by atoms with Crippen molar-refractivity contribution in [3.05, 3.63) is 59.4 Å². The van der Waals surface area contributed by atoms with Gasteiger partial charge in [-0.15, -0.1) is 0 Å². The van der Waals surface area contributed by atoms with Crippen LogP contribution in [0.1, 0.15) is 30.3 Å². The fourth-order valence-electron chi connectivity index (χ4n) is 2.18. The summed E-state index contributed by atoms with van der Waals surface area (Å²) < 4.78 is 2.18. The lowest BCUT2D eigenvalue weighted by molar-refractivity contribution is 0.620. The molecule has 0 spiro atoms. The lowest BCUT2D eigenvalue weighted by Crippen LogP contribution is -2.27. The molecule has 1 aromatic carbocycles. The quantitative estimate of drug-likeness (QED) is 0.846. The molecule has 0 aliphatic rings. The van der Waals surface area contributed by atoms with Crippen molar-refractivity contribution < 1.29 is 0 Å². The first kappa shape index (κ1) is 12.7. The van der Waals surface area contributed by atoms with Crippen LogP contribution in [0.25, 0.3) is 0 Å². The van der Waals surface area contributed by atoms with Crippen LogP contribution >= 0.6 is 0 Å². The molecule has 1 atom stereocenters. The van der Waals surface area contributed by atoms with Gasteiger partial charge in [-0.25, -0.2) is 0 Å². The van der Waals surface area contributed by atoms with Gasteiger partial charge in [-0.2, -0.15) is 0 Å². The first-order valence-electron chi connectivity index (χ1n) is 6.62. The SMILES string of the molecule is Cc1ccc(C)n1NC(C)CCc1ccccc1. The van der Waals surface area contributed by atoms with Crippen molar-refractivity contribution in [1.82, 2.24) is 4.68 Å². The Morgan fingerprint density at radius 1 is 1.00 bits per heavy atom. The summed E-state index contributed by atoms with van der Waals surface area (Å²) >= 11 is 0. The minimum absolute atomic E-state index is 0.468. The Hall–Kier alpha value is -1.70. The van der Waals surface area contributed by atoms with E-state index in [9.17, 15) is 0 Å². The van der Waals surface area contributed by atoms with Gasteiger partial charge in [0.2, 0.25) is 0 Å². The second kappa shape index (κ2) is 5.76. The van der Waals surface area contributed by atoms with E-state index in [2.05, 4.69) is 73.3 Å². The van der Waals surface area contributed by atoms with E-state index in [1.807, 2.05) is 0 Å². The molecule has 2 nitrogen and oxygen atoms in total. The Bertz CT molecular complexity index is 466. The number of hydrogen-bond acceptors (Lipinski definition) is 1. The standard InChI is InChI=1S/C16H22N2/c1-13(9-12-16-7-5-4-6-8-16)17-18-14(2)10-11-15(18)3/h4-8,10-11,13,17H,9,12H2,1-3H3. The summed E-state index contributed by atoms with van der Waals surface area (Å²) in [5.41, 5.74) is 7.48. The van der Waals surface area contributed by atoms with E-state index >= 15 is 0 Å². The molecule has 1 N–H and O–H groups in total. The van der Waals surface area contributed by atoms with Crippen molar-refractivity contribution in [3.8, 4) is 0 Å². The summed E-state index contributed by atoms with van der Waals surface area (Å²) in [6.07, 6.45) is 2.26. The second-order valence-corrected chi connectivity index (χ2v) is 5.01. The highest BCUT2D eigenvalue weighted by Crippen LogP contribution is 2.09. The maximum absolute atomic E-state index is 3.55. The molecule has 2 rings (SSSR count). The van der Waals surface area contributed by atoms with E-state index in [1.54, 1.807) is 0 Å². The van der Waals surface area contributed by atoms with Crippen molar-refractivity contribution >= 4 is 0 Å². The van der Waals surface area contributed by atoms with Gasteiger partial charge < -0.3 is 5.43 Å². The molecule has 0 radical (unpaired) electrons. The molecule has 1 aromatic heterocycles. The molecule has 0 bridgehead atoms. The Morgan fingerprint density at radius 3 is 2.22 bits per heavy atom. The highest BCUT2D eigenvalue weighted by molar-refractivity contribution is 5.17. The summed E-state index contributed by atoms with van der Waals surface area (Å²) in [6.45, 7) is 6.50. The second-order valence-electron chi connectivity index (χ2n) is 5.01. The maximum atomic E-state index is 3.55. The van der Waals surface area contributed by atoms with Gasteiger partial charge in [0.05, 0.1) is 0 Å². The van der Waals surface area contributed by atoms with Crippen LogP contribution in [0.3, 0.4) is 0 Å². The van der Waals surface area contributed by atoms with Crippen molar-refractivity contribution in [2.45, 2.75) is 39.7 Å². The van der Waals surface area contributed by atoms with Crippen molar-refractivity contribution in [2.75, 3.05) is 5.43 Å². The minimum Gasteiger partial charge on any atom is -0.323 e. The first-order valence-corrected chi connectivity index (χ1v) is 6.62. The number of nitrogens with zero attached hydrogens (tertiary/aromatic N) is 1. The normalized spacial score (nSPS) is 12.4. The molecule has 0 fully saturated rings. The highest BCUT2D eigenvalue weighted by Gasteiger charge is 2.05. The fourth-order valence-corrected chi connectivity index (χ4v) is 2.18.